The van der Waals surface area contributed by atoms with Crippen molar-refractivity contribution in [2.75, 3.05) is 52.5 Å². The largest absolute Gasteiger partial charge is 0.379 e. The molecule has 0 atom stereocenters. The second-order valence-corrected chi connectivity index (χ2v) is 6.00. The van der Waals surface area contributed by atoms with Crippen molar-refractivity contribution in [3.63, 3.8) is 0 Å². The maximum Gasteiger partial charge on any atom is 0.191 e. The van der Waals surface area contributed by atoms with Crippen LogP contribution in [-0.2, 0) is 11.2 Å². The van der Waals surface area contributed by atoms with Crippen molar-refractivity contribution < 1.29 is 4.74 Å². The standard InChI is InChI=1S/C15H26N4OS/c1-2-16-15(17-6-5-14-4-3-13-21-14)18-7-8-19-9-11-20-12-10-19/h3-4,13H,2,5-12H2,1H3,(H2,16,17,18). The normalized spacial score (nSPS) is 16.9. The lowest BCUT2D eigenvalue weighted by atomic mass is 10.3. The third-order valence-corrected chi connectivity index (χ3v) is 4.31. The van der Waals surface area contributed by atoms with Crippen LogP contribution in [0.2, 0.25) is 0 Å². The topological polar surface area (TPSA) is 48.9 Å². The molecule has 0 saturated carbocycles. The van der Waals surface area contributed by atoms with Crippen LogP contribution < -0.4 is 10.6 Å². The Hall–Kier alpha value is -1.11. The van der Waals surface area contributed by atoms with Gasteiger partial charge in [0.05, 0.1) is 19.8 Å². The van der Waals surface area contributed by atoms with E-state index in [-0.39, 0.29) is 0 Å². The van der Waals surface area contributed by atoms with Crippen molar-refractivity contribution in [1.82, 2.24) is 15.5 Å². The lowest BCUT2D eigenvalue weighted by molar-refractivity contribution is 0.0394. The monoisotopic (exact) mass is 310 g/mol. The third kappa shape index (κ3) is 6.46. The van der Waals surface area contributed by atoms with Crippen molar-refractivity contribution >= 4 is 17.3 Å². The van der Waals surface area contributed by atoms with Gasteiger partial charge in [0.1, 0.15) is 0 Å². The Balaban J connectivity index is 1.67. The van der Waals surface area contributed by atoms with Gasteiger partial charge in [-0.1, -0.05) is 6.07 Å². The average Bonchev–Trinajstić information content (AvgIpc) is 3.02. The van der Waals surface area contributed by atoms with Crippen LogP contribution in [0.4, 0.5) is 0 Å². The summed E-state index contributed by atoms with van der Waals surface area (Å²) in [6.45, 7) is 9.49. The highest BCUT2D eigenvalue weighted by Crippen LogP contribution is 2.07. The van der Waals surface area contributed by atoms with Gasteiger partial charge in [0, 0.05) is 37.6 Å². The highest BCUT2D eigenvalue weighted by molar-refractivity contribution is 7.09. The molecule has 1 aliphatic rings. The van der Waals surface area contributed by atoms with Gasteiger partial charge < -0.3 is 15.4 Å². The summed E-state index contributed by atoms with van der Waals surface area (Å²) in [5, 5.41) is 8.82. The second kappa shape index (κ2) is 9.76. The minimum absolute atomic E-state index is 0.828. The highest BCUT2D eigenvalue weighted by atomic mass is 32.1. The summed E-state index contributed by atoms with van der Waals surface area (Å²) >= 11 is 1.81. The maximum atomic E-state index is 5.35. The van der Waals surface area contributed by atoms with Gasteiger partial charge in [-0.2, -0.15) is 0 Å². The van der Waals surface area contributed by atoms with E-state index < -0.39 is 0 Å². The molecule has 1 saturated heterocycles. The molecule has 0 aromatic carbocycles. The fourth-order valence-electron chi connectivity index (χ4n) is 2.23. The van der Waals surface area contributed by atoms with E-state index in [1.54, 1.807) is 11.3 Å². The van der Waals surface area contributed by atoms with Gasteiger partial charge in [-0.05, 0) is 24.8 Å². The van der Waals surface area contributed by atoms with Crippen LogP contribution in [0.25, 0.3) is 0 Å². The first-order chi connectivity index (χ1) is 10.4. The van der Waals surface area contributed by atoms with Crippen molar-refractivity contribution in [2.45, 2.75) is 13.3 Å². The van der Waals surface area contributed by atoms with E-state index in [4.69, 9.17) is 4.74 Å². The van der Waals surface area contributed by atoms with Crippen LogP contribution in [-0.4, -0.2) is 63.3 Å². The molecule has 0 spiro atoms. The van der Waals surface area contributed by atoms with Gasteiger partial charge >= 0.3 is 0 Å². The minimum atomic E-state index is 0.828. The molecule has 1 aromatic heterocycles. The Morgan fingerprint density at radius 3 is 2.95 bits per heavy atom. The van der Waals surface area contributed by atoms with Gasteiger partial charge in [-0.25, -0.2) is 0 Å². The Morgan fingerprint density at radius 2 is 2.24 bits per heavy atom. The van der Waals surface area contributed by atoms with Crippen LogP contribution in [0.15, 0.2) is 22.5 Å². The first-order valence-corrected chi connectivity index (χ1v) is 8.61. The van der Waals surface area contributed by atoms with E-state index in [1.807, 2.05) is 0 Å². The van der Waals surface area contributed by atoms with Crippen molar-refractivity contribution in [1.29, 1.82) is 0 Å². The van der Waals surface area contributed by atoms with E-state index in [2.05, 4.69) is 45.0 Å². The summed E-state index contributed by atoms with van der Waals surface area (Å²) in [5.41, 5.74) is 0. The number of hydrogen-bond acceptors (Lipinski definition) is 4. The number of aliphatic imine (C=N–C) groups is 1. The van der Waals surface area contributed by atoms with Crippen LogP contribution in [0.3, 0.4) is 0 Å². The Labute approximate surface area is 131 Å². The first-order valence-electron chi connectivity index (χ1n) is 7.73. The number of nitrogens with one attached hydrogen (secondary N) is 2. The summed E-state index contributed by atoms with van der Waals surface area (Å²) in [6, 6.07) is 4.27. The molecule has 1 fully saturated rings. The van der Waals surface area contributed by atoms with E-state index in [1.165, 1.54) is 4.88 Å². The summed E-state index contributed by atoms with van der Waals surface area (Å²) in [5.74, 6) is 0.919. The zero-order valence-corrected chi connectivity index (χ0v) is 13.6. The smallest absolute Gasteiger partial charge is 0.191 e. The molecule has 0 amide bonds. The maximum absolute atomic E-state index is 5.35. The van der Waals surface area contributed by atoms with E-state index >= 15 is 0 Å². The van der Waals surface area contributed by atoms with Gasteiger partial charge in [0.25, 0.3) is 0 Å². The third-order valence-electron chi connectivity index (χ3n) is 3.38. The molecule has 5 nitrogen and oxygen atoms in total. The first kappa shape index (κ1) is 16.3. The zero-order valence-electron chi connectivity index (χ0n) is 12.8. The molecule has 118 valence electrons. The predicted molar refractivity (Wildman–Crippen MR) is 89.3 cm³/mol. The van der Waals surface area contributed by atoms with Gasteiger partial charge in [-0.15, -0.1) is 11.3 Å². The predicted octanol–water partition coefficient (Wildman–Crippen LogP) is 1.18. The molecule has 6 heteroatoms. The van der Waals surface area contributed by atoms with Gasteiger partial charge in [0.15, 0.2) is 5.96 Å². The quantitative estimate of drug-likeness (QED) is 0.586. The lowest BCUT2D eigenvalue weighted by Gasteiger charge is -2.25. The number of rotatable bonds is 7. The number of ether oxygens (including phenoxy) is 1. The van der Waals surface area contributed by atoms with Crippen molar-refractivity contribution in [3.05, 3.63) is 22.4 Å². The molecule has 0 unspecified atom stereocenters. The summed E-state index contributed by atoms with van der Waals surface area (Å²) in [6.07, 6.45) is 1.05. The van der Waals surface area contributed by atoms with Crippen LogP contribution >= 0.6 is 11.3 Å². The molecule has 2 rings (SSSR count). The van der Waals surface area contributed by atoms with E-state index in [9.17, 15) is 0 Å². The molecule has 0 radical (unpaired) electrons. The molecule has 1 aliphatic heterocycles. The molecule has 21 heavy (non-hydrogen) atoms. The summed E-state index contributed by atoms with van der Waals surface area (Å²) < 4.78 is 5.35. The minimum Gasteiger partial charge on any atom is -0.379 e. The van der Waals surface area contributed by atoms with Crippen LogP contribution in [0, 0.1) is 0 Å². The second-order valence-electron chi connectivity index (χ2n) is 4.97. The Bertz CT molecular complexity index is 402. The van der Waals surface area contributed by atoms with Crippen LogP contribution in [0.5, 0.6) is 0 Å². The van der Waals surface area contributed by atoms with E-state index in [0.717, 1.165) is 64.9 Å². The zero-order chi connectivity index (χ0) is 14.8. The van der Waals surface area contributed by atoms with Crippen molar-refractivity contribution in [2.24, 2.45) is 4.99 Å². The highest BCUT2D eigenvalue weighted by Gasteiger charge is 2.09. The van der Waals surface area contributed by atoms with Crippen LogP contribution in [0.1, 0.15) is 11.8 Å². The number of nitrogens with zero attached hydrogens (tertiary/aromatic N) is 2. The number of thiophene rings is 1. The number of guanidine groups is 1. The SMILES string of the molecule is CCNC(=NCCN1CCOCC1)NCCc1cccs1. The Morgan fingerprint density at radius 1 is 1.38 bits per heavy atom. The fourth-order valence-corrected chi connectivity index (χ4v) is 2.94. The fraction of sp³-hybridized carbons (Fsp3) is 0.667. The lowest BCUT2D eigenvalue weighted by Crippen LogP contribution is -2.40. The molecule has 2 heterocycles. The van der Waals surface area contributed by atoms with Gasteiger partial charge in [-0.3, -0.25) is 9.89 Å². The average molecular weight is 310 g/mol. The molecular formula is C15H26N4OS. The summed E-state index contributed by atoms with van der Waals surface area (Å²) in [4.78, 5) is 8.46. The molecule has 2 N–H and O–H groups in total. The molecule has 0 bridgehead atoms. The molecule has 0 aliphatic carbocycles. The van der Waals surface area contributed by atoms with E-state index in [0.29, 0.717) is 0 Å². The summed E-state index contributed by atoms with van der Waals surface area (Å²) in [7, 11) is 0. The molecular weight excluding hydrogens is 284 g/mol. The van der Waals surface area contributed by atoms with Crippen molar-refractivity contribution in [3.8, 4) is 0 Å². The number of hydrogen-bond donors (Lipinski definition) is 2. The number of morpholine rings is 1. The molecule has 1 aromatic rings. The van der Waals surface area contributed by atoms with Gasteiger partial charge in [0.2, 0.25) is 0 Å². The Kier molecular flexibility index (Phi) is 7.56.